The minimum Gasteiger partial charge on any atom is -0.506 e. The van der Waals surface area contributed by atoms with Crippen molar-refractivity contribution in [1.82, 2.24) is 4.90 Å². The Hall–Kier alpha value is -1.68. The number of aromatic hydroxyl groups is 1. The summed E-state index contributed by atoms with van der Waals surface area (Å²) < 4.78 is 0. The predicted molar refractivity (Wildman–Crippen MR) is 83.5 cm³/mol. The van der Waals surface area contributed by atoms with Gasteiger partial charge >= 0.3 is 0 Å². The number of carbonyl (C=O) groups is 1. The Morgan fingerprint density at radius 1 is 1.10 bits per heavy atom. The normalized spacial score (nSPS) is 16.1. The number of nitrogens with zero attached hydrogens (tertiary/aromatic N) is 1. The fourth-order valence-corrected chi connectivity index (χ4v) is 3.43. The lowest BCUT2D eigenvalue weighted by atomic mass is 10.0. The summed E-state index contributed by atoms with van der Waals surface area (Å²) in [7, 11) is 0. The number of thioether (sulfide) groups is 1. The molecule has 1 fully saturated rings. The molecule has 1 aliphatic rings. The van der Waals surface area contributed by atoms with Crippen molar-refractivity contribution in [3.8, 4) is 5.75 Å². The van der Waals surface area contributed by atoms with Crippen molar-refractivity contribution < 1.29 is 9.90 Å². The molecule has 20 heavy (non-hydrogen) atoms. The van der Waals surface area contributed by atoms with Crippen LogP contribution in [0.2, 0.25) is 0 Å². The minimum atomic E-state index is -0.0595. The van der Waals surface area contributed by atoms with Crippen LogP contribution in [0.1, 0.15) is 16.8 Å². The molecule has 0 aliphatic carbocycles. The van der Waals surface area contributed by atoms with E-state index in [1.807, 2.05) is 47.0 Å². The first-order valence-corrected chi connectivity index (χ1v) is 8.00. The van der Waals surface area contributed by atoms with Crippen LogP contribution in [-0.4, -0.2) is 40.5 Å². The maximum Gasteiger partial charge on any atom is 0.257 e. The van der Waals surface area contributed by atoms with Crippen molar-refractivity contribution in [3.05, 3.63) is 42.0 Å². The van der Waals surface area contributed by atoms with Gasteiger partial charge in [0.2, 0.25) is 0 Å². The van der Waals surface area contributed by atoms with Crippen molar-refractivity contribution in [3.63, 3.8) is 0 Å². The van der Waals surface area contributed by atoms with E-state index >= 15 is 0 Å². The van der Waals surface area contributed by atoms with Gasteiger partial charge in [-0.3, -0.25) is 4.79 Å². The highest BCUT2D eigenvalue weighted by molar-refractivity contribution is 7.99. The molecule has 0 spiro atoms. The van der Waals surface area contributed by atoms with Crippen LogP contribution >= 0.6 is 11.8 Å². The van der Waals surface area contributed by atoms with Gasteiger partial charge in [0, 0.05) is 24.2 Å². The largest absolute Gasteiger partial charge is 0.506 e. The molecule has 4 heteroatoms. The Balaban J connectivity index is 1.96. The van der Waals surface area contributed by atoms with E-state index in [1.165, 1.54) is 0 Å². The van der Waals surface area contributed by atoms with Gasteiger partial charge < -0.3 is 10.0 Å². The Labute approximate surface area is 122 Å². The van der Waals surface area contributed by atoms with E-state index in [0.29, 0.717) is 5.56 Å². The van der Waals surface area contributed by atoms with Crippen LogP contribution in [0.15, 0.2) is 36.4 Å². The molecule has 0 radical (unpaired) electrons. The summed E-state index contributed by atoms with van der Waals surface area (Å²) >= 11 is 1.88. The van der Waals surface area contributed by atoms with Crippen LogP contribution in [0.3, 0.4) is 0 Å². The van der Waals surface area contributed by atoms with E-state index in [2.05, 4.69) is 0 Å². The quantitative estimate of drug-likeness (QED) is 0.876. The number of rotatable bonds is 1. The molecule has 3 nitrogen and oxygen atoms in total. The standard InChI is InChI=1S/C16H17NO2S/c18-15-13-5-2-1-4-12(13)6-7-14(15)16(19)17-8-3-10-20-11-9-17/h1-2,4-7,18H,3,8-11H2. The number of phenolic OH excluding ortho intramolecular Hbond substituents is 1. The second-order valence-corrected chi connectivity index (χ2v) is 6.17. The van der Waals surface area contributed by atoms with Gasteiger partial charge in [0.25, 0.3) is 5.91 Å². The number of carbonyl (C=O) groups excluding carboxylic acids is 1. The van der Waals surface area contributed by atoms with Crippen LogP contribution < -0.4 is 0 Å². The molecule has 2 aromatic rings. The maximum atomic E-state index is 12.6. The molecule has 0 saturated carbocycles. The Morgan fingerprint density at radius 2 is 1.95 bits per heavy atom. The molecule has 0 atom stereocenters. The zero-order chi connectivity index (χ0) is 13.9. The molecule has 0 unspecified atom stereocenters. The zero-order valence-corrected chi connectivity index (χ0v) is 12.0. The smallest absolute Gasteiger partial charge is 0.257 e. The van der Waals surface area contributed by atoms with Crippen molar-refractivity contribution >= 4 is 28.4 Å². The summed E-state index contributed by atoms with van der Waals surface area (Å²) in [6, 6.07) is 11.2. The molecule has 1 amide bonds. The van der Waals surface area contributed by atoms with Gasteiger partial charge in [-0.15, -0.1) is 0 Å². The molecular formula is C16H17NO2S. The predicted octanol–water partition coefficient (Wildman–Crippen LogP) is 3.12. The van der Waals surface area contributed by atoms with Crippen molar-refractivity contribution in [2.45, 2.75) is 6.42 Å². The Bertz CT molecular complexity index is 633. The van der Waals surface area contributed by atoms with Crippen molar-refractivity contribution in [1.29, 1.82) is 0 Å². The lowest BCUT2D eigenvalue weighted by molar-refractivity contribution is 0.0766. The SMILES string of the molecule is O=C(c1ccc2ccccc2c1O)N1CCCSCC1. The van der Waals surface area contributed by atoms with Gasteiger partial charge in [-0.2, -0.15) is 11.8 Å². The number of benzene rings is 2. The van der Waals surface area contributed by atoms with E-state index in [4.69, 9.17) is 0 Å². The first-order chi connectivity index (χ1) is 9.77. The summed E-state index contributed by atoms with van der Waals surface area (Å²) in [5.74, 6) is 2.12. The average Bonchev–Trinajstić information content (AvgIpc) is 2.76. The summed E-state index contributed by atoms with van der Waals surface area (Å²) in [5, 5.41) is 12.1. The molecule has 1 aliphatic heterocycles. The van der Waals surface area contributed by atoms with E-state index in [0.717, 1.165) is 41.8 Å². The monoisotopic (exact) mass is 287 g/mol. The van der Waals surface area contributed by atoms with E-state index < -0.39 is 0 Å². The minimum absolute atomic E-state index is 0.0595. The highest BCUT2D eigenvalue weighted by atomic mass is 32.2. The second kappa shape index (κ2) is 5.75. The topological polar surface area (TPSA) is 40.5 Å². The van der Waals surface area contributed by atoms with E-state index in [1.54, 1.807) is 6.07 Å². The first kappa shape index (κ1) is 13.3. The molecule has 0 aromatic heterocycles. The highest BCUT2D eigenvalue weighted by Crippen LogP contribution is 2.29. The molecule has 104 valence electrons. The Morgan fingerprint density at radius 3 is 2.85 bits per heavy atom. The van der Waals surface area contributed by atoms with Crippen LogP contribution in [0, 0.1) is 0 Å². The average molecular weight is 287 g/mol. The zero-order valence-electron chi connectivity index (χ0n) is 11.2. The third kappa shape index (κ3) is 2.48. The summed E-state index contributed by atoms with van der Waals surface area (Å²) in [5.41, 5.74) is 0.413. The van der Waals surface area contributed by atoms with Gasteiger partial charge in [-0.25, -0.2) is 0 Å². The Kier molecular flexibility index (Phi) is 3.83. The maximum absolute atomic E-state index is 12.6. The molecule has 3 rings (SSSR count). The van der Waals surface area contributed by atoms with Crippen LogP contribution in [0.25, 0.3) is 10.8 Å². The number of fused-ring (bicyclic) bond motifs is 1. The van der Waals surface area contributed by atoms with Crippen molar-refractivity contribution in [2.75, 3.05) is 24.6 Å². The first-order valence-electron chi connectivity index (χ1n) is 6.85. The second-order valence-electron chi connectivity index (χ2n) is 4.94. The number of amides is 1. The van der Waals surface area contributed by atoms with Crippen LogP contribution in [-0.2, 0) is 0 Å². The fourth-order valence-electron chi connectivity index (χ4n) is 2.55. The molecule has 2 aromatic carbocycles. The number of phenols is 1. The third-order valence-corrected chi connectivity index (χ3v) is 4.69. The van der Waals surface area contributed by atoms with E-state index in [9.17, 15) is 9.90 Å². The van der Waals surface area contributed by atoms with E-state index in [-0.39, 0.29) is 11.7 Å². The van der Waals surface area contributed by atoms with Gasteiger partial charge in [-0.05, 0) is 23.6 Å². The fraction of sp³-hybridized carbons (Fsp3) is 0.312. The van der Waals surface area contributed by atoms with Gasteiger partial charge in [0.1, 0.15) is 5.75 Å². The molecule has 0 bridgehead atoms. The van der Waals surface area contributed by atoms with Gasteiger partial charge in [0.15, 0.2) is 0 Å². The number of hydrogen-bond donors (Lipinski definition) is 1. The lowest BCUT2D eigenvalue weighted by Crippen LogP contribution is -2.32. The summed E-state index contributed by atoms with van der Waals surface area (Å²) in [6.45, 7) is 1.54. The van der Waals surface area contributed by atoms with Crippen LogP contribution in [0.5, 0.6) is 5.75 Å². The van der Waals surface area contributed by atoms with Crippen molar-refractivity contribution in [2.24, 2.45) is 0 Å². The van der Waals surface area contributed by atoms with Crippen LogP contribution in [0.4, 0.5) is 0 Å². The summed E-state index contributed by atoms with van der Waals surface area (Å²) in [6.07, 6.45) is 1.02. The van der Waals surface area contributed by atoms with Gasteiger partial charge in [-0.1, -0.05) is 30.3 Å². The third-order valence-electron chi connectivity index (χ3n) is 3.64. The molecule has 1 heterocycles. The molecule has 1 saturated heterocycles. The summed E-state index contributed by atoms with van der Waals surface area (Å²) in [4.78, 5) is 14.4. The highest BCUT2D eigenvalue weighted by Gasteiger charge is 2.21. The number of hydrogen-bond acceptors (Lipinski definition) is 3. The molecule has 1 N–H and O–H groups in total. The molecular weight excluding hydrogens is 270 g/mol. The lowest BCUT2D eigenvalue weighted by Gasteiger charge is -2.20. The van der Waals surface area contributed by atoms with Gasteiger partial charge in [0.05, 0.1) is 5.56 Å².